The number of rotatable bonds is 5. The van der Waals surface area contributed by atoms with Crippen molar-refractivity contribution in [3.63, 3.8) is 0 Å². The third kappa shape index (κ3) is 4.19. The number of hydrogen-bond acceptors (Lipinski definition) is 7. The summed E-state index contributed by atoms with van der Waals surface area (Å²) in [4.78, 5) is 4.19. The number of aromatic nitrogens is 5. The van der Waals surface area contributed by atoms with Gasteiger partial charge in [0.05, 0.1) is 4.90 Å². The van der Waals surface area contributed by atoms with Crippen LogP contribution < -0.4 is 10.9 Å². The van der Waals surface area contributed by atoms with Crippen molar-refractivity contribution in [3.8, 4) is 22.5 Å². The van der Waals surface area contributed by atoms with Crippen molar-refractivity contribution in [2.75, 3.05) is 5.73 Å². The Bertz CT molecular complexity index is 1120. The fourth-order valence-electron chi connectivity index (χ4n) is 4.26. The van der Waals surface area contributed by atoms with E-state index in [4.69, 9.17) is 10.9 Å². The number of nitrogens with one attached hydrogen (secondary N) is 1. The Kier molecular flexibility index (Phi) is 5.52. The molecule has 2 heterocycles. The molecule has 0 radical (unpaired) electrons. The van der Waals surface area contributed by atoms with E-state index in [1.54, 1.807) is 18.3 Å². The molecule has 0 saturated heterocycles. The maximum Gasteiger partial charge on any atom is 0.239 e. The van der Waals surface area contributed by atoms with Crippen molar-refractivity contribution in [1.29, 1.82) is 0 Å². The second-order valence-electron chi connectivity index (χ2n) is 8.07. The smallest absolute Gasteiger partial charge is 0.239 e. The fourth-order valence-corrected chi connectivity index (χ4v) is 5.27. The first-order chi connectivity index (χ1) is 14.3. The Morgan fingerprint density at radius 1 is 1.13 bits per heavy atom. The molecule has 0 atom stereocenters. The van der Waals surface area contributed by atoms with Gasteiger partial charge in [0, 0.05) is 17.3 Å². The van der Waals surface area contributed by atoms with Gasteiger partial charge < -0.3 is 5.73 Å². The number of tetrazole rings is 1. The maximum absolute atomic E-state index is 12.8. The normalized spacial score (nSPS) is 19.7. The molecule has 0 aliphatic heterocycles. The van der Waals surface area contributed by atoms with E-state index in [0.29, 0.717) is 40.4 Å². The summed E-state index contributed by atoms with van der Waals surface area (Å²) in [5, 5.41) is 19.6. The number of benzene rings is 1. The van der Waals surface area contributed by atoms with Gasteiger partial charge in [-0.2, -0.15) is 0 Å². The van der Waals surface area contributed by atoms with Gasteiger partial charge in [-0.3, -0.25) is 0 Å². The summed E-state index contributed by atoms with van der Waals surface area (Å²) in [7, 11) is -4.05. The molecule has 1 saturated carbocycles. The molecular formula is C20H25N7O2S. The highest BCUT2D eigenvalue weighted by Gasteiger charge is 2.28. The van der Waals surface area contributed by atoms with Gasteiger partial charge in [-0.25, -0.2) is 23.6 Å². The molecule has 0 spiro atoms. The lowest BCUT2D eigenvalue weighted by molar-refractivity contribution is 0.288. The van der Waals surface area contributed by atoms with Gasteiger partial charge in [0.15, 0.2) is 5.82 Å². The average molecular weight is 428 g/mol. The highest BCUT2D eigenvalue weighted by molar-refractivity contribution is 7.89. The van der Waals surface area contributed by atoms with Crippen molar-refractivity contribution in [2.45, 2.75) is 43.9 Å². The molecule has 5 N–H and O–H groups in total. The van der Waals surface area contributed by atoms with Crippen LogP contribution in [0.4, 0.5) is 5.82 Å². The lowest BCUT2D eigenvalue weighted by Crippen LogP contribution is -2.20. The van der Waals surface area contributed by atoms with Crippen LogP contribution in [0.25, 0.3) is 22.5 Å². The summed E-state index contributed by atoms with van der Waals surface area (Å²) in [5.74, 6) is 1.75. The second kappa shape index (κ2) is 8.11. The molecule has 10 heteroatoms. The van der Waals surface area contributed by atoms with E-state index < -0.39 is 10.0 Å². The standard InChI is InChI=1S/C20H25N7O2S/c1-12-2-4-13(5-3-12)10-14-6-8-16(15-7-9-17(21)23-11-15)18(19(14)30(22,28)29)20-24-26-27-25-20/h6-9,11-13H,2-5,10H2,1H3,(H2,21,23)(H2,22,28,29)(H,24,25,26,27)/t12-,13-. The highest BCUT2D eigenvalue weighted by Crippen LogP contribution is 2.39. The van der Waals surface area contributed by atoms with Crippen molar-refractivity contribution < 1.29 is 8.42 Å². The number of nitrogens with two attached hydrogens (primary N) is 2. The minimum atomic E-state index is -4.05. The molecule has 30 heavy (non-hydrogen) atoms. The molecule has 0 unspecified atom stereocenters. The van der Waals surface area contributed by atoms with Crippen LogP contribution in [-0.4, -0.2) is 34.0 Å². The molecule has 158 valence electrons. The first-order valence-electron chi connectivity index (χ1n) is 9.97. The quantitative estimate of drug-likeness (QED) is 0.565. The number of nitrogens with zero attached hydrogens (tertiary/aromatic N) is 4. The van der Waals surface area contributed by atoms with Crippen molar-refractivity contribution in [3.05, 3.63) is 36.0 Å². The average Bonchev–Trinajstić information content (AvgIpc) is 3.24. The van der Waals surface area contributed by atoms with Crippen LogP contribution in [0.3, 0.4) is 0 Å². The molecule has 1 aliphatic carbocycles. The van der Waals surface area contributed by atoms with Gasteiger partial charge in [-0.15, -0.1) is 5.10 Å². The molecule has 0 amide bonds. The van der Waals surface area contributed by atoms with Crippen LogP contribution >= 0.6 is 0 Å². The summed E-state index contributed by atoms with van der Waals surface area (Å²) in [6.07, 6.45) is 6.70. The zero-order valence-corrected chi connectivity index (χ0v) is 17.6. The molecule has 2 aromatic heterocycles. The van der Waals surface area contributed by atoms with Crippen molar-refractivity contribution >= 4 is 15.8 Å². The topological polar surface area (TPSA) is 154 Å². The third-order valence-electron chi connectivity index (χ3n) is 5.85. The summed E-state index contributed by atoms with van der Waals surface area (Å²) in [6.45, 7) is 2.26. The number of pyridine rings is 1. The minimum Gasteiger partial charge on any atom is -0.384 e. The largest absolute Gasteiger partial charge is 0.384 e. The van der Waals surface area contributed by atoms with E-state index in [1.807, 2.05) is 12.1 Å². The number of primary sulfonamides is 1. The number of sulfonamides is 1. The van der Waals surface area contributed by atoms with Gasteiger partial charge in [0.25, 0.3) is 0 Å². The molecule has 1 aliphatic rings. The molecule has 3 aromatic rings. The fraction of sp³-hybridized carbons (Fsp3) is 0.400. The Morgan fingerprint density at radius 2 is 1.90 bits per heavy atom. The van der Waals surface area contributed by atoms with E-state index in [0.717, 1.165) is 31.6 Å². The molecule has 1 fully saturated rings. The van der Waals surface area contributed by atoms with Gasteiger partial charge in [0.2, 0.25) is 10.0 Å². The number of aromatic amines is 1. The number of hydrogen-bond donors (Lipinski definition) is 3. The lowest BCUT2D eigenvalue weighted by Gasteiger charge is -2.27. The van der Waals surface area contributed by atoms with Crippen LogP contribution in [-0.2, 0) is 16.4 Å². The summed E-state index contributed by atoms with van der Waals surface area (Å²) in [6, 6.07) is 7.16. The van der Waals surface area contributed by atoms with Gasteiger partial charge in [-0.05, 0) is 64.8 Å². The zero-order valence-electron chi connectivity index (χ0n) is 16.7. The zero-order chi connectivity index (χ0) is 21.3. The van der Waals surface area contributed by atoms with E-state index >= 15 is 0 Å². The first kappa shape index (κ1) is 20.4. The summed E-state index contributed by atoms with van der Waals surface area (Å²) in [5.41, 5.74) is 8.07. The van der Waals surface area contributed by atoms with E-state index in [1.165, 1.54) is 0 Å². The number of anilines is 1. The Morgan fingerprint density at radius 3 is 2.50 bits per heavy atom. The number of nitrogen functional groups attached to an aromatic ring is 1. The Labute approximate surface area is 175 Å². The SMILES string of the molecule is C[C@H]1CC[C@H](Cc2ccc(-c3ccc(N)nc3)c(-c3nnn[nH]3)c2S(N)(=O)=O)CC1. The lowest BCUT2D eigenvalue weighted by atomic mass is 9.79. The van der Waals surface area contributed by atoms with Crippen LogP contribution in [0.2, 0.25) is 0 Å². The molecule has 4 rings (SSSR count). The maximum atomic E-state index is 12.8. The Balaban J connectivity index is 1.88. The molecular weight excluding hydrogens is 402 g/mol. The van der Waals surface area contributed by atoms with Crippen molar-refractivity contribution in [2.24, 2.45) is 17.0 Å². The van der Waals surface area contributed by atoms with E-state index in [2.05, 4.69) is 32.5 Å². The molecule has 1 aromatic carbocycles. The van der Waals surface area contributed by atoms with Gasteiger partial charge in [0.1, 0.15) is 5.82 Å². The Hall–Kier alpha value is -2.85. The summed E-state index contributed by atoms with van der Waals surface area (Å²) < 4.78 is 25.5. The first-order valence-corrected chi connectivity index (χ1v) is 11.5. The predicted molar refractivity (Wildman–Crippen MR) is 113 cm³/mol. The highest BCUT2D eigenvalue weighted by atomic mass is 32.2. The second-order valence-corrected chi connectivity index (χ2v) is 9.57. The molecule has 9 nitrogen and oxygen atoms in total. The minimum absolute atomic E-state index is 0.0639. The monoisotopic (exact) mass is 427 g/mol. The van der Waals surface area contributed by atoms with Gasteiger partial charge >= 0.3 is 0 Å². The van der Waals surface area contributed by atoms with Crippen LogP contribution in [0.15, 0.2) is 35.4 Å². The third-order valence-corrected chi connectivity index (χ3v) is 6.88. The molecule has 0 bridgehead atoms. The van der Waals surface area contributed by atoms with Crippen LogP contribution in [0.5, 0.6) is 0 Å². The van der Waals surface area contributed by atoms with Crippen LogP contribution in [0.1, 0.15) is 38.2 Å². The van der Waals surface area contributed by atoms with Gasteiger partial charge in [-0.1, -0.05) is 31.9 Å². The van der Waals surface area contributed by atoms with E-state index in [-0.39, 0.29) is 10.7 Å². The predicted octanol–water partition coefficient (Wildman–Crippen LogP) is 2.53. The summed E-state index contributed by atoms with van der Waals surface area (Å²) >= 11 is 0. The van der Waals surface area contributed by atoms with E-state index in [9.17, 15) is 8.42 Å². The number of H-pyrrole nitrogens is 1. The van der Waals surface area contributed by atoms with Crippen molar-refractivity contribution in [1.82, 2.24) is 25.6 Å². The van der Waals surface area contributed by atoms with Crippen LogP contribution in [0, 0.1) is 11.8 Å².